The molecule has 0 bridgehead atoms. The van der Waals surface area contributed by atoms with Crippen molar-refractivity contribution in [3.63, 3.8) is 0 Å². The third-order valence-corrected chi connectivity index (χ3v) is 4.28. The van der Waals surface area contributed by atoms with E-state index in [-0.39, 0.29) is 33.3 Å². The molecule has 1 aromatic heterocycles. The smallest absolute Gasteiger partial charge is 0.416 e. The molecule has 0 saturated heterocycles. The SMILES string of the molecule is COc1cc(NC(=O)c2ccc(-c3ncccc3Cl)c(F)c2)cc(C(F)(F)F)c1. The Kier molecular flexibility index (Phi) is 5.74. The number of hydrogen-bond acceptors (Lipinski definition) is 3. The number of aromatic nitrogens is 1. The quantitative estimate of drug-likeness (QED) is 0.537. The summed E-state index contributed by atoms with van der Waals surface area (Å²) in [6.45, 7) is 0. The van der Waals surface area contributed by atoms with E-state index in [2.05, 4.69) is 10.3 Å². The third kappa shape index (κ3) is 4.65. The molecule has 0 unspecified atom stereocenters. The van der Waals surface area contributed by atoms with Crippen LogP contribution in [0.2, 0.25) is 5.02 Å². The van der Waals surface area contributed by atoms with Crippen molar-refractivity contribution in [1.29, 1.82) is 0 Å². The minimum atomic E-state index is -4.62. The Bertz CT molecular complexity index is 1070. The van der Waals surface area contributed by atoms with Gasteiger partial charge in [-0.05, 0) is 42.5 Å². The summed E-state index contributed by atoms with van der Waals surface area (Å²) in [4.78, 5) is 16.4. The van der Waals surface area contributed by atoms with Crippen molar-refractivity contribution < 1.29 is 27.1 Å². The molecule has 29 heavy (non-hydrogen) atoms. The van der Waals surface area contributed by atoms with Crippen LogP contribution >= 0.6 is 11.6 Å². The fourth-order valence-corrected chi connectivity index (χ4v) is 2.81. The van der Waals surface area contributed by atoms with Crippen LogP contribution < -0.4 is 10.1 Å². The van der Waals surface area contributed by atoms with E-state index in [1.165, 1.54) is 31.5 Å². The summed E-state index contributed by atoms with van der Waals surface area (Å²) in [7, 11) is 1.21. The molecule has 0 saturated carbocycles. The molecule has 0 radical (unpaired) electrons. The van der Waals surface area contributed by atoms with E-state index in [0.717, 1.165) is 18.2 Å². The standard InChI is InChI=1S/C20H13ClF4N2O2/c1-29-14-9-12(20(23,24)25)8-13(10-14)27-19(28)11-4-5-15(17(22)7-11)18-16(21)3-2-6-26-18/h2-10H,1H3,(H,27,28). The molecule has 3 rings (SSSR count). The second-order valence-corrected chi connectivity index (χ2v) is 6.34. The van der Waals surface area contributed by atoms with E-state index in [4.69, 9.17) is 16.3 Å². The number of carbonyl (C=O) groups is 1. The van der Waals surface area contributed by atoms with Gasteiger partial charge in [0.2, 0.25) is 0 Å². The first-order chi connectivity index (χ1) is 13.7. The summed E-state index contributed by atoms with van der Waals surface area (Å²) in [6.07, 6.45) is -3.17. The van der Waals surface area contributed by atoms with Crippen LogP contribution in [0.3, 0.4) is 0 Å². The Balaban J connectivity index is 1.89. The first-order valence-corrected chi connectivity index (χ1v) is 8.55. The fourth-order valence-electron chi connectivity index (χ4n) is 2.59. The highest BCUT2D eigenvalue weighted by Crippen LogP contribution is 2.34. The van der Waals surface area contributed by atoms with Crippen LogP contribution in [0.5, 0.6) is 5.75 Å². The number of methoxy groups -OCH3 is 1. The molecule has 4 nitrogen and oxygen atoms in total. The number of rotatable bonds is 4. The highest BCUT2D eigenvalue weighted by molar-refractivity contribution is 6.33. The monoisotopic (exact) mass is 424 g/mol. The number of nitrogens with one attached hydrogen (secondary N) is 1. The Hall–Kier alpha value is -3.13. The van der Waals surface area contributed by atoms with Gasteiger partial charge in [0, 0.05) is 29.1 Å². The summed E-state index contributed by atoms with van der Waals surface area (Å²) in [6, 6.07) is 9.54. The maximum Gasteiger partial charge on any atom is 0.416 e. The summed E-state index contributed by atoms with van der Waals surface area (Å²) >= 11 is 6.01. The lowest BCUT2D eigenvalue weighted by Crippen LogP contribution is -2.14. The van der Waals surface area contributed by atoms with Gasteiger partial charge < -0.3 is 10.1 Å². The van der Waals surface area contributed by atoms with E-state index in [0.29, 0.717) is 0 Å². The van der Waals surface area contributed by atoms with Crippen molar-refractivity contribution in [2.24, 2.45) is 0 Å². The minimum Gasteiger partial charge on any atom is -0.497 e. The summed E-state index contributed by atoms with van der Waals surface area (Å²) in [5, 5.41) is 2.55. The maximum absolute atomic E-state index is 14.5. The van der Waals surface area contributed by atoms with Crippen molar-refractivity contribution >= 4 is 23.2 Å². The fraction of sp³-hybridized carbons (Fsp3) is 0.100. The van der Waals surface area contributed by atoms with Crippen molar-refractivity contribution in [2.45, 2.75) is 6.18 Å². The first kappa shape index (κ1) is 20.6. The Labute approximate surface area is 168 Å². The molecule has 0 aliphatic carbocycles. The molecule has 2 aromatic carbocycles. The lowest BCUT2D eigenvalue weighted by Gasteiger charge is -2.13. The number of pyridine rings is 1. The maximum atomic E-state index is 14.5. The molecule has 1 amide bonds. The normalized spacial score (nSPS) is 11.2. The molecular formula is C20H13ClF4N2O2. The first-order valence-electron chi connectivity index (χ1n) is 8.17. The van der Waals surface area contributed by atoms with Crippen LogP contribution in [0.15, 0.2) is 54.7 Å². The minimum absolute atomic E-state index is 0.0820. The Morgan fingerprint density at radius 2 is 1.90 bits per heavy atom. The van der Waals surface area contributed by atoms with Crippen LogP contribution in [0.25, 0.3) is 11.3 Å². The number of nitrogens with zero attached hydrogens (tertiary/aromatic N) is 1. The van der Waals surface area contributed by atoms with Crippen LogP contribution in [0.1, 0.15) is 15.9 Å². The average molecular weight is 425 g/mol. The van der Waals surface area contributed by atoms with Crippen LogP contribution in [-0.4, -0.2) is 18.0 Å². The number of amides is 1. The number of benzene rings is 2. The molecule has 0 fully saturated rings. The molecular weight excluding hydrogens is 412 g/mol. The highest BCUT2D eigenvalue weighted by atomic mass is 35.5. The molecule has 0 spiro atoms. The zero-order chi connectivity index (χ0) is 21.2. The van der Waals surface area contributed by atoms with Crippen molar-refractivity contribution in [3.05, 3.63) is 76.7 Å². The van der Waals surface area contributed by atoms with Gasteiger partial charge in [-0.25, -0.2) is 4.39 Å². The molecule has 0 atom stereocenters. The van der Waals surface area contributed by atoms with Crippen LogP contribution in [-0.2, 0) is 6.18 Å². The van der Waals surface area contributed by atoms with Gasteiger partial charge in [-0.2, -0.15) is 13.2 Å². The molecule has 150 valence electrons. The van der Waals surface area contributed by atoms with Gasteiger partial charge in [0.05, 0.1) is 23.4 Å². The van der Waals surface area contributed by atoms with Gasteiger partial charge in [-0.3, -0.25) is 9.78 Å². The van der Waals surface area contributed by atoms with E-state index in [1.54, 1.807) is 12.1 Å². The number of halogens is 5. The summed E-state index contributed by atoms with van der Waals surface area (Å²) in [5.74, 6) is -1.62. The topological polar surface area (TPSA) is 51.2 Å². The number of anilines is 1. The van der Waals surface area contributed by atoms with Crippen molar-refractivity contribution in [2.75, 3.05) is 12.4 Å². The van der Waals surface area contributed by atoms with E-state index >= 15 is 0 Å². The predicted molar refractivity (Wildman–Crippen MR) is 101 cm³/mol. The van der Waals surface area contributed by atoms with Crippen molar-refractivity contribution in [3.8, 4) is 17.0 Å². The molecule has 1 N–H and O–H groups in total. The number of hydrogen-bond donors (Lipinski definition) is 1. The van der Waals surface area contributed by atoms with E-state index in [9.17, 15) is 22.4 Å². The lowest BCUT2D eigenvalue weighted by atomic mass is 10.1. The van der Waals surface area contributed by atoms with Gasteiger partial charge in [0.25, 0.3) is 5.91 Å². The van der Waals surface area contributed by atoms with E-state index in [1.807, 2.05) is 0 Å². The molecule has 3 aromatic rings. The lowest BCUT2D eigenvalue weighted by molar-refractivity contribution is -0.137. The Morgan fingerprint density at radius 1 is 1.14 bits per heavy atom. The summed E-state index contributed by atoms with van der Waals surface area (Å²) in [5.41, 5.74) is -0.916. The highest BCUT2D eigenvalue weighted by Gasteiger charge is 2.31. The molecule has 0 aliphatic rings. The molecule has 0 aliphatic heterocycles. The van der Waals surface area contributed by atoms with Gasteiger partial charge >= 0.3 is 6.18 Å². The largest absolute Gasteiger partial charge is 0.497 e. The number of carbonyl (C=O) groups excluding carboxylic acids is 1. The predicted octanol–water partition coefficient (Wildman–Crippen LogP) is 5.82. The van der Waals surface area contributed by atoms with Gasteiger partial charge in [-0.15, -0.1) is 0 Å². The molecule has 9 heteroatoms. The van der Waals surface area contributed by atoms with Gasteiger partial charge in [0.15, 0.2) is 0 Å². The third-order valence-electron chi connectivity index (χ3n) is 3.97. The van der Waals surface area contributed by atoms with Crippen LogP contribution in [0, 0.1) is 5.82 Å². The zero-order valence-electron chi connectivity index (χ0n) is 14.8. The van der Waals surface area contributed by atoms with Gasteiger partial charge in [-0.1, -0.05) is 11.6 Å². The Morgan fingerprint density at radius 3 is 2.52 bits per heavy atom. The average Bonchev–Trinajstić information content (AvgIpc) is 2.67. The zero-order valence-corrected chi connectivity index (χ0v) is 15.6. The molecule has 1 heterocycles. The van der Waals surface area contributed by atoms with Gasteiger partial charge in [0.1, 0.15) is 11.6 Å². The van der Waals surface area contributed by atoms with Crippen LogP contribution in [0.4, 0.5) is 23.2 Å². The second kappa shape index (κ2) is 8.08. The number of ether oxygens (including phenoxy) is 1. The number of alkyl halides is 3. The summed E-state index contributed by atoms with van der Waals surface area (Å²) < 4.78 is 58.4. The van der Waals surface area contributed by atoms with Crippen molar-refractivity contribution in [1.82, 2.24) is 4.98 Å². The second-order valence-electron chi connectivity index (χ2n) is 5.93. The van der Waals surface area contributed by atoms with E-state index < -0.39 is 23.5 Å².